The van der Waals surface area contributed by atoms with Crippen molar-refractivity contribution in [3.8, 4) is 0 Å². The van der Waals surface area contributed by atoms with Crippen LogP contribution in [0, 0.1) is 13.8 Å². The third-order valence-corrected chi connectivity index (χ3v) is 5.36. The second kappa shape index (κ2) is 8.97. The number of hydrogen-bond donors (Lipinski definition) is 3. The van der Waals surface area contributed by atoms with E-state index in [1.807, 2.05) is 31.6 Å². The monoisotopic (exact) mass is 369 g/mol. The van der Waals surface area contributed by atoms with E-state index in [0.29, 0.717) is 6.54 Å². The van der Waals surface area contributed by atoms with E-state index in [1.54, 1.807) is 4.90 Å². The average Bonchev–Trinajstić information content (AvgIpc) is 2.90. The molecule has 0 bridgehead atoms. The van der Waals surface area contributed by atoms with Crippen molar-refractivity contribution in [3.63, 3.8) is 0 Å². The summed E-state index contributed by atoms with van der Waals surface area (Å²) in [6.45, 7) is 9.76. The summed E-state index contributed by atoms with van der Waals surface area (Å²) in [6, 6.07) is 10.4. The van der Waals surface area contributed by atoms with Gasteiger partial charge < -0.3 is 15.1 Å². The number of anilines is 1. The molecule has 6 heteroatoms. The maximum Gasteiger partial charge on any atom is 0.279 e. The van der Waals surface area contributed by atoms with E-state index in [-0.39, 0.29) is 5.91 Å². The first-order valence-corrected chi connectivity index (χ1v) is 9.71. The molecule has 2 heterocycles. The molecule has 0 spiro atoms. The predicted octanol–water partition coefficient (Wildman–Crippen LogP) is -0.528. The number of aromatic nitrogens is 2. The number of benzene rings is 1. The Kier molecular flexibility index (Phi) is 6.42. The highest BCUT2D eigenvalue weighted by atomic mass is 16.2. The highest BCUT2D eigenvalue weighted by Gasteiger charge is 2.24. The summed E-state index contributed by atoms with van der Waals surface area (Å²) in [5.41, 5.74) is 3.98. The molecule has 6 nitrogen and oxygen atoms in total. The molecule has 1 aromatic heterocycles. The fourth-order valence-corrected chi connectivity index (χ4v) is 3.63. The number of nitrogens with zero attached hydrogens (tertiary/aromatic N) is 2. The number of amides is 1. The first-order chi connectivity index (χ1) is 13.0. The summed E-state index contributed by atoms with van der Waals surface area (Å²) < 4.78 is 1.81. The molecule has 1 aliphatic heterocycles. The Morgan fingerprint density at radius 3 is 2.44 bits per heavy atom. The van der Waals surface area contributed by atoms with Crippen molar-refractivity contribution in [2.45, 2.75) is 13.8 Å². The van der Waals surface area contributed by atoms with Crippen molar-refractivity contribution in [2.75, 3.05) is 44.6 Å². The summed E-state index contributed by atoms with van der Waals surface area (Å²) in [7, 11) is 1.90. The van der Waals surface area contributed by atoms with Gasteiger partial charge in [0, 0.05) is 7.05 Å². The molecule has 2 aromatic rings. The summed E-state index contributed by atoms with van der Waals surface area (Å²) in [6.07, 6.45) is 4.45. The molecule has 1 amide bonds. The van der Waals surface area contributed by atoms with E-state index < -0.39 is 0 Å². The lowest BCUT2D eigenvalue weighted by molar-refractivity contribution is -1.01. The van der Waals surface area contributed by atoms with E-state index in [2.05, 4.69) is 46.8 Å². The van der Waals surface area contributed by atoms with Crippen molar-refractivity contribution in [2.24, 2.45) is 7.05 Å². The number of carbonyl (C=O) groups is 1. The molecule has 1 fully saturated rings. The van der Waals surface area contributed by atoms with Crippen LogP contribution < -0.4 is 15.1 Å². The summed E-state index contributed by atoms with van der Waals surface area (Å²) in [5.74, 6) is 0.0802. The summed E-state index contributed by atoms with van der Waals surface area (Å²) in [4.78, 5) is 15.4. The van der Waals surface area contributed by atoms with Crippen LogP contribution in [0.4, 0.5) is 5.69 Å². The fourth-order valence-electron chi connectivity index (χ4n) is 3.63. The molecule has 0 aliphatic carbocycles. The van der Waals surface area contributed by atoms with Crippen LogP contribution in [0.1, 0.15) is 17.0 Å². The Bertz CT molecular complexity index is 788. The molecule has 0 atom stereocenters. The second-order valence-electron chi connectivity index (χ2n) is 7.41. The van der Waals surface area contributed by atoms with Gasteiger partial charge in [0.05, 0.1) is 23.6 Å². The summed E-state index contributed by atoms with van der Waals surface area (Å²) >= 11 is 0. The molecular weight excluding hydrogens is 338 g/mol. The second-order valence-corrected chi connectivity index (χ2v) is 7.41. The quantitative estimate of drug-likeness (QED) is 0.641. The van der Waals surface area contributed by atoms with Crippen LogP contribution >= 0.6 is 0 Å². The number of nitrogens with one attached hydrogen (secondary N) is 3. The van der Waals surface area contributed by atoms with Gasteiger partial charge in [-0.05, 0) is 25.5 Å². The molecule has 0 unspecified atom stereocenters. The van der Waals surface area contributed by atoms with Crippen LogP contribution in [-0.2, 0) is 11.8 Å². The minimum absolute atomic E-state index is 0.0802. The predicted molar refractivity (Wildman–Crippen MR) is 108 cm³/mol. The first-order valence-electron chi connectivity index (χ1n) is 9.71. The molecule has 1 saturated heterocycles. The highest BCUT2D eigenvalue weighted by molar-refractivity contribution is 5.92. The Morgan fingerprint density at radius 2 is 1.81 bits per heavy atom. The minimum atomic E-state index is 0.0802. The lowest BCUT2D eigenvalue weighted by Crippen LogP contribution is -3.28. The average molecular weight is 370 g/mol. The standard InChI is InChI=1S/C21H29N5O/c1-17-21(18(2)24(3)23-17)22-20(27)16-26-14-12-25(13-15-26)11-7-10-19-8-5-4-6-9-19/h4-10H,11-16H2,1-3H3,(H,22,27)/p+2/b10-7+. The van der Waals surface area contributed by atoms with Gasteiger partial charge in [0.1, 0.15) is 26.2 Å². The van der Waals surface area contributed by atoms with E-state index >= 15 is 0 Å². The third kappa shape index (κ3) is 5.28. The summed E-state index contributed by atoms with van der Waals surface area (Å²) in [5, 5.41) is 7.41. The smallest absolute Gasteiger partial charge is 0.279 e. The van der Waals surface area contributed by atoms with Gasteiger partial charge in [0.15, 0.2) is 6.54 Å². The molecule has 3 rings (SSSR count). The molecule has 27 heavy (non-hydrogen) atoms. The highest BCUT2D eigenvalue weighted by Crippen LogP contribution is 2.17. The Morgan fingerprint density at radius 1 is 1.15 bits per heavy atom. The minimum Gasteiger partial charge on any atom is -0.322 e. The number of piperazine rings is 1. The number of aryl methyl sites for hydroxylation is 2. The van der Waals surface area contributed by atoms with Crippen molar-refractivity contribution in [3.05, 3.63) is 53.4 Å². The van der Waals surface area contributed by atoms with Crippen molar-refractivity contribution in [1.29, 1.82) is 0 Å². The number of quaternary nitrogens is 2. The van der Waals surface area contributed by atoms with Gasteiger partial charge in [-0.3, -0.25) is 9.48 Å². The maximum atomic E-state index is 12.4. The van der Waals surface area contributed by atoms with Crippen molar-refractivity contribution >= 4 is 17.7 Å². The van der Waals surface area contributed by atoms with Crippen LogP contribution in [0.25, 0.3) is 6.08 Å². The zero-order chi connectivity index (χ0) is 19.2. The van der Waals surface area contributed by atoms with E-state index in [1.165, 1.54) is 10.5 Å². The van der Waals surface area contributed by atoms with Crippen LogP contribution in [0.15, 0.2) is 36.4 Å². The number of carbonyl (C=O) groups excluding carboxylic acids is 1. The lowest BCUT2D eigenvalue weighted by atomic mass is 10.2. The zero-order valence-corrected chi connectivity index (χ0v) is 16.6. The molecule has 3 N–H and O–H groups in total. The largest absolute Gasteiger partial charge is 0.322 e. The van der Waals surface area contributed by atoms with Crippen LogP contribution in [0.5, 0.6) is 0 Å². The van der Waals surface area contributed by atoms with Crippen molar-refractivity contribution in [1.82, 2.24) is 9.78 Å². The number of rotatable bonds is 6. The Balaban J connectivity index is 1.41. The van der Waals surface area contributed by atoms with Gasteiger partial charge in [0.25, 0.3) is 5.91 Å². The molecule has 0 radical (unpaired) electrons. The van der Waals surface area contributed by atoms with Gasteiger partial charge in [-0.1, -0.05) is 36.4 Å². The molecule has 0 saturated carbocycles. The van der Waals surface area contributed by atoms with Crippen LogP contribution in [0.2, 0.25) is 0 Å². The van der Waals surface area contributed by atoms with Gasteiger partial charge in [-0.25, -0.2) is 0 Å². The molecule has 144 valence electrons. The van der Waals surface area contributed by atoms with Gasteiger partial charge in [-0.15, -0.1) is 0 Å². The molecular formula is C21H31N5O+2. The topological polar surface area (TPSA) is 55.8 Å². The van der Waals surface area contributed by atoms with Crippen LogP contribution in [-0.4, -0.2) is 55.0 Å². The molecule has 1 aromatic carbocycles. The first kappa shape index (κ1) is 19.3. The van der Waals surface area contributed by atoms with Gasteiger partial charge in [-0.2, -0.15) is 5.10 Å². The van der Waals surface area contributed by atoms with E-state index in [4.69, 9.17) is 0 Å². The zero-order valence-electron chi connectivity index (χ0n) is 16.6. The van der Waals surface area contributed by atoms with Gasteiger partial charge >= 0.3 is 0 Å². The fraction of sp³-hybridized carbons (Fsp3) is 0.429. The van der Waals surface area contributed by atoms with E-state index in [0.717, 1.165) is 49.8 Å². The lowest BCUT2D eigenvalue weighted by Gasteiger charge is -2.28. The SMILES string of the molecule is Cc1nn(C)c(C)c1NC(=O)C[NH+]1CC[NH+](C/C=C/c2ccccc2)CC1. The normalized spacial score (nSPS) is 20.1. The molecule has 1 aliphatic rings. The third-order valence-electron chi connectivity index (χ3n) is 5.36. The van der Waals surface area contributed by atoms with Crippen molar-refractivity contribution < 1.29 is 14.6 Å². The Labute approximate surface area is 161 Å². The Hall–Kier alpha value is -2.44. The van der Waals surface area contributed by atoms with Gasteiger partial charge in [0.2, 0.25) is 0 Å². The van der Waals surface area contributed by atoms with Crippen LogP contribution in [0.3, 0.4) is 0 Å². The maximum absolute atomic E-state index is 12.4. The number of hydrogen-bond acceptors (Lipinski definition) is 2. The van der Waals surface area contributed by atoms with E-state index in [9.17, 15) is 4.79 Å².